The van der Waals surface area contributed by atoms with Gasteiger partial charge in [0, 0.05) is 0 Å². The summed E-state index contributed by atoms with van der Waals surface area (Å²) in [6, 6.07) is 8.40. The molecule has 2 fully saturated rings. The molecule has 1 aromatic carbocycles. The van der Waals surface area contributed by atoms with Crippen LogP contribution in [-0.2, 0) is 30.8 Å². The van der Waals surface area contributed by atoms with Gasteiger partial charge < -0.3 is 0 Å². The van der Waals surface area contributed by atoms with Crippen molar-refractivity contribution in [2.75, 3.05) is 0 Å². The van der Waals surface area contributed by atoms with Crippen LogP contribution in [0.1, 0.15) is 77.3 Å². The highest BCUT2D eigenvalue weighted by molar-refractivity contribution is 5.39. The van der Waals surface area contributed by atoms with E-state index in [1.165, 1.54) is 0 Å². The van der Waals surface area contributed by atoms with Crippen molar-refractivity contribution in [2.45, 2.75) is 89.6 Å². The summed E-state index contributed by atoms with van der Waals surface area (Å²) in [5.41, 5.74) is 1.49. The van der Waals surface area contributed by atoms with Crippen molar-refractivity contribution in [1.82, 2.24) is 0 Å². The first-order chi connectivity index (χ1) is 11.6. The van der Waals surface area contributed by atoms with Gasteiger partial charge in [-0.1, -0.05) is 63.8 Å². The Labute approximate surface area is 145 Å². The van der Waals surface area contributed by atoms with E-state index < -0.39 is 11.2 Å². The van der Waals surface area contributed by atoms with E-state index in [9.17, 15) is 0 Å². The Morgan fingerprint density at radius 1 is 0.792 bits per heavy atom. The standard InChI is InChI=1S/C20H30O4/c1-5-7-13-17-19(3,23-21-17)15-11-9-10-12-16(15)20(4)18(22-24-20)14-8-6-2/h9-12,17-18H,5-8,13-14H2,1-4H3. The molecule has 2 aliphatic rings. The van der Waals surface area contributed by atoms with E-state index in [4.69, 9.17) is 19.6 Å². The molecule has 3 rings (SSSR count). The van der Waals surface area contributed by atoms with Crippen LogP contribution in [0.3, 0.4) is 0 Å². The van der Waals surface area contributed by atoms with Crippen molar-refractivity contribution in [3.8, 4) is 0 Å². The zero-order valence-electron chi connectivity index (χ0n) is 15.3. The average molecular weight is 334 g/mol. The van der Waals surface area contributed by atoms with Crippen LogP contribution in [0.25, 0.3) is 0 Å². The molecule has 2 heterocycles. The summed E-state index contributed by atoms with van der Waals surface area (Å²) in [5, 5.41) is 0. The van der Waals surface area contributed by atoms with Gasteiger partial charge in [-0.25, -0.2) is 19.6 Å². The second-order valence-electron chi connectivity index (χ2n) is 7.38. The highest BCUT2D eigenvalue weighted by Crippen LogP contribution is 2.50. The van der Waals surface area contributed by atoms with Gasteiger partial charge in [0.05, 0.1) is 0 Å². The monoisotopic (exact) mass is 334 g/mol. The zero-order chi connectivity index (χ0) is 17.2. The molecule has 0 aliphatic carbocycles. The van der Waals surface area contributed by atoms with Gasteiger partial charge in [0.2, 0.25) is 0 Å². The quantitative estimate of drug-likeness (QED) is 0.615. The van der Waals surface area contributed by atoms with Gasteiger partial charge in [0.1, 0.15) is 12.2 Å². The van der Waals surface area contributed by atoms with Crippen molar-refractivity contribution >= 4 is 0 Å². The van der Waals surface area contributed by atoms with Gasteiger partial charge in [-0.05, 0) is 37.8 Å². The van der Waals surface area contributed by atoms with Gasteiger partial charge >= 0.3 is 0 Å². The number of hydrogen-bond acceptors (Lipinski definition) is 4. The molecule has 24 heavy (non-hydrogen) atoms. The van der Waals surface area contributed by atoms with E-state index in [0.29, 0.717) is 0 Å². The average Bonchev–Trinajstić information content (AvgIpc) is 2.59. The molecule has 0 bridgehead atoms. The summed E-state index contributed by atoms with van der Waals surface area (Å²) >= 11 is 0. The normalized spacial score (nSPS) is 35.3. The summed E-state index contributed by atoms with van der Waals surface area (Å²) in [4.78, 5) is 22.2. The summed E-state index contributed by atoms with van der Waals surface area (Å²) in [6.45, 7) is 8.65. The smallest absolute Gasteiger partial charge is 0.155 e. The van der Waals surface area contributed by atoms with Gasteiger partial charge in [-0.3, -0.25) is 0 Å². The van der Waals surface area contributed by atoms with Crippen molar-refractivity contribution in [3.05, 3.63) is 35.4 Å². The van der Waals surface area contributed by atoms with Crippen molar-refractivity contribution in [2.24, 2.45) is 0 Å². The Hall–Kier alpha value is -0.940. The third kappa shape index (κ3) is 2.90. The summed E-state index contributed by atoms with van der Waals surface area (Å²) in [7, 11) is 0. The molecule has 0 aromatic heterocycles. The van der Waals surface area contributed by atoms with E-state index in [0.717, 1.165) is 49.7 Å². The summed E-state index contributed by atoms with van der Waals surface area (Å²) in [6.07, 6.45) is 6.80. The maximum Gasteiger partial charge on any atom is 0.155 e. The molecule has 0 amide bonds. The number of benzene rings is 1. The predicted molar refractivity (Wildman–Crippen MR) is 92.1 cm³/mol. The van der Waals surface area contributed by atoms with Crippen molar-refractivity contribution < 1.29 is 19.6 Å². The van der Waals surface area contributed by atoms with Gasteiger partial charge in [0.25, 0.3) is 0 Å². The van der Waals surface area contributed by atoms with E-state index in [1.54, 1.807) is 0 Å². The molecule has 0 spiro atoms. The fraction of sp³-hybridized carbons (Fsp3) is 0.700. The molecule has 1 aromatic rings. The van der Waals surface area contributed by atoms with Gasteiger partial charge in [-0.15, -0.1) is 0 Å². The predicted octanol–water partition coefficient (Wildman–Crippen LogP) is 5.16. The van der Waals surface area contributed by atoms with E-state index in [-0.39, 0.29) is 12.2 Å². The molecular formula is C20H30O4. The number of rotatable bonds is 8. The number of hydrogen-bond donors (Lipinski definition) is 0. The number of unbranched alkanes of at least 4 members (excludes halogenated alkanes) is 2. The first-order valence-corrected chi connectivity index (χ1v) is 9.35. The largest absolute Gasteiger partial charge is 0.229 e. The lowest BCUT2D eigenvalue weighted by Gasteiger charge is -2.50. The van der Waals surface area contributed by atoms with E-state index in [2.05, 4.69) is 52.0 Å². The molecule has 4 heteroatoms. The maximum absolute atomic E-state index is 5.64. The van der Waals surface area contributed by atoms with Crippen molar-refractivity contribution in [3.63, 3.8) is 0 Å². The SMILES string of the molecule is CCCCC1OOC1(C)c1ccccc1C1(C)OOC1CCCC. The second-order valence-corrected chi connectivity index (χ2v) is 7.38. The van der Waals surface area contributed by atoms with Crippen LogP contribution in [0.2, 0.25) is 0 Å². The Balaban J connectivity index is 1.86. The summed E-state index contributed by atoms with van der Waals surface area (Å²) < 4.78 is 0. The Morgan fingerprint density at radius 2 is 1.21 bits per heavy atom. The molecular weight excluding hydrogens is 304 g/mol. The van der Waals surface area contributed by atoms with Crippen LogP contribution < -0.4 is 0 Å². The minimum Gasteiger partial charge on any atom is -0.229 e. The van der Waals surface area contributed by atoms with Gasteiger partial charge in [-0.2, -0.15) is 0 Å². The maximum atomic E-state index is 5.64. The Kier molecular flexibility index (Phi) is 5.30. The molecule has 0 N–H and O–H groups in total. The Bertz CT molecular complexity index is 511. The molecule has 2 aliphatic heterocycles. The van der Waals surface area contributed by atoms with Crippen LogP contribution in [0.15, 0.2) is 24.3 Å². The molecule has 4 nitrogen and oxygen atoms in total. The second kappa shape index (κ2) is 7.12. The third-order valence-corrected chi connectivity index (χ3v) is 5.54. The minimum atomic E-state index is -0.414. The van der Waals surface area contributed by atoms with Crippen LogP contribution >= 0.6 is 0 Å². The molecule has 0 saturated carbocycles. The highest BCUT2D eigenvalue weighted by Gasteiger charge is 2.55. The van der Waals surface area contributed by atoms with Gasteiger partial charge in [0.15, 0.2) is 11.2 Å². The summed E-state index contributed by atoms with van der Waals surface area (Å²) in [5.74, 6) is 0. The molecule has 0 radical (unpaired) electrons. The molecule has 4 atom stereocenters. The van der Waals surface area contributed by atoms with E-state index >= 15 is 0 Å². The zero-order valence-corrected chi connectivity index (χ0v) is 15.3. The topological polar surface area (TPSA) is 36.9 Å². The first kappa shape index (κ1) is 17.9. The van der Waals surface area contributed by atoms with E-state index in [1.807, 2.05) is 0 Å². The lowest BCUT2D eigenvalue weighted by molar-refractivity contribution is -0.522. The van der Waals surface area contributed by atoms with Crippen LogP contribution in [0, 0.1) is 0 Å². The third-order valence-electron chi connectivity index (χ3n) is 5.54. The molecule has 4 unspecified atom stereocenters. The lowest BCUT2D eigenvalue weighted by Crippen LogP contribution is -2.56. The Morgan fingerprint density at radius 3 is 1.50 bits per heavy atom. The fourth-order valence-corrected chi connectivity index (χ4v) is 3.73. The molecule has 2 saturated heterocycles. The highest BCUT2D eigenvalue weighted by atomic mass is 17.3. The molecule has 134 valence electrons. The minimum absolute atomic E-state index is 0.0947. The first-order valence-electron chi connectivity index (χ1n) is 9.35. The fourth-order valence-electron chi connectivity index (χ4n) is 3.73. The van der Waals surface area contributed by atoms with Crippen molar-refractivity contribution in [1.29, 1.82) is 0 Å². The van der Waals surface area contributed by atoms with Crippen LogP contribution in [0.4, 0.5) is 0 Å². The van der Waals surface area contributed by atoms with Crippen LogP contribution in [0.5, 0.6) is 0 Å². The lowest BCUT2D eigenvalue weighted by atomic mass is 9.76. The van der Waals surface area contributed by atoms with Crippen LogP contribution in [-0.4, -0.2) is 12.2 Å².